The van der Waals surface area contributed by atoms with E-state index in [1.807, 2.05) is 13.0 Å². The van der Waals surface area contributed by atoms with Gasteiger partial charge in [-0.15, -0.1) is 5.10 Å². The zero-order chi connectivity index (χ0) is 18.1. The van der Waals surface area contributed by atoms with Crippen LogP contribution in [0.4, 0.5) is 5.69 Å². The van der Waals surface area contributed by atoms with Gasteiger partial charge in [0.25, 0.3) is 11.5 Å². The fourth-order valence-electron chi connectivity index (χ4n) is 2.74. The van der Waals surface area contributed by atoms with E-state index in [9.17, 15) is 9.59 Å². The van der Waals surface area contributed by atoms with Crippen LogP contribution in [0.1, 0.15) is 16.1 Å². The summed E-state index contributed by atoms with van der Waals surface area (Å²) in [7, 11) is 0. The summed E-state index contributed by atoms with van der Waals surface area (Å²) >= 11 is 0. The number of carbonyl (C=O) groups excluding carboxylic acids is 1. The quantitative estimate of drug-likeness (QED) is 0.579. The molecule has 0 bridgehead atoms. The lowest BCUT2D eigenvalue weighted by molar-refractivity contribution is 0.102. The molecule has 0 radical (unpaired) electrons. The van der Waals surface area contributed by atoms with Crippen molar-refractivity contribution in [2.75, 3.05) is 5.32 Å². The third-order valence-corrected chi connectivity index (χ3v) is 3.96. The van der Waals surface area contributed by atoms with Crippen LogP contribution in [0.25, 0.3) is 16.5 Å². The van der Waals surface area contributed by atoms with E-state index in [0.29, 0.717) is 16.5 Å². The molecule has 0 atom stereocenters. The van der Waals surface area contributed by atoms with Gasteiger partial charge in [-0.1, -0.05) is 18.2 Å². The Kier molecular flexibility index (Phi) is 3.73. The number of fused-ring (bicyclic) bond motifs is 1. The maximum Gasteiger partial charge on any atom is 0.276 e. The molecule has 9 heteroatoms. The van der Waals surface area contributed by atoms with Gasteiger partial charge in [-0.05, 0) is 47.2 Å². The number of rotatable bonds is 3. The van der Waals surface area contributed by atoms with Crippen LogP contribution < -0.4 is 10.9 Å². The topological polar surface area (TPSA) is 118 Å². The number of aromatic amines is 1. The monoisotopic (exact) mass is 347 g/mol. The van der Waals surface area contributed by atoms with Crippen molar-refractivity contribution < 1.29 is 4.79 Å². The molecule has 0 fully saturated rings. The van der Waals surface area contributed by atoms with E-state index >= 15 is 0 Å². The number of nitrogens with zero attached hydrogens (tertiary/aromatic N) is 5. The third-order valence-electron chi connectivity index (χ3n) is 3.96. The van der Waals surface area contributed by atoms with Crippen molar-refractivity contribution in [3.63, 3.8) is 0 Å². The van der Waals surface area contributed by atoms with Gasteiger partial charge in [-0.3, -0.25) is 9.59 Å². The number of hydrogen-bond donors (Lipinski definition) is 2. The number of anilines is 1. The van der Waals surface area contributed by atoms with Crippen LogP contribution in [0.15, 0.2) is 53.6 Å². The summed E-state index contributed by atoms with van der Waals surface area (Å²) in [5, 5.41) is 21.0. The molecule has 0 aliphatic heterocycles. The molecule has 0 aliphatic carbocycles. The minimum atomic E-state index is -0.410. The van der Waals surface area contributed by atoms with E-state index in [2.05, 4.69) is 31.0 Å². The van der Waals surface area contributed by atoms with E-state index < -0.39 is 5.91 Å². The van der Waals surface area contributed by atoms with Crippen molar-refractivity contribution in [2.45, 2.75) is 6.92 Å². The molecule has 2 aromatic heterocycles. The summed E-state index contributed by atoms with van der Waals surface area (Å²) in [6.07, 6.45) is 1.50. The number of aryl methyl sites for hydroxylation is 1. The molecule has 1 amide bonds. The Balaban J connectivity index is 1.66. The molecule has 0 saturated heterocycles. The van der Waals surface area contributed by atoms with Gasteiger partial charge >= 0.3 is 0 Å². The first kappa shape index (κ1) is 15.6. The molecule has 9 nitrogen and oxygen atoms in total. The summed E-state index contributed by atoms with van der Waals surface area (Å²) in [6.45, 7) is 1.89. The summed E-state index contributed by atoms with van der Waals surface area (Å²) in [5.74, 6) is -0.410. The summed E-state index contributed by atoms with van der Waals surface area (Å²) in [4.78, 5) is 24.5. The summed E-state index contributed by atoms with van der Waals surface area (Å²) < 4.78 is 1.54. The van der Waals surface area contributed by atoms with Crippen LogP contribution >= 0.6 is 0 Å². The van der Waals surface area contributed by atoms with Gasteiger partial charge in [0.1, 0.15) is 6.33 Å². The first-order valence-corrected chi connectivity index (χ1v) is 7.76. The second-order valence-corrected chi connectivity index (χ2v) is 5.66. The zero-order valence-electron chi connectivity index (χ0n) is 13.7. The molecule has 0 spiro atoms. The fraction of sp³-hybridized carbons (Fsp3) is 0.0588. The van der Waals surface area contributed by atoms with Gasteiger partial charge in [0, 0.05) is 11.1 Å². The van der Waals surface area contributed by atoms with Crippen LogP contribution in [0.3, 0.4) is 0 Å². The Labute approximate surface area is 146 Å². The average molecular weight is 347 g/mol. The molecule has 26 heavy (non-hydrogen) atoms. The van der Waals surface area contributed by atoms with Crippen molar-refractivity contribution in [1.82, 2.24) is 30.4 Å². The predicted molar refractivity (Wildman–Crippen MR) is 94.2 cm³/mol. The highest BCUT2D eigenvalue weighted by Crippen LogP contribution is 2.19. The lowest BCUT2D eigenvalue weighted by atomic mass is 10.1. The molecular formula is C17H13N7O2. The molecule has 0 aliphatic rings. The average Bonchev–Trinajstić information content (AvgIpc) is 3.16. The van der Waals surface area contributed by atoms with E-state index in [1.54, 1.807) is 36.4 Å². The summed E-state index contributed by atoms with van der Waals surface area (Å²) in [5.41, 5.74) is 2.11. The lowest BCUT2D eigenvalue weighted by Gasteiger charge is -2.10. The normalized spacial score (nSPS) is 10.8. The van der Waals surface area contributed by atoms with Gasteiger partial charge in [-0.2, -0.15) is 5.10 Å². The number of benzene rings is 2. The number of amides is 1. The second kappa shape index (κ2) is 6.20. The minimum Gasteiger partial charge on any atom is -0.321 e. The molecule has 4 aromatic rings. The molecule has 2 aromatic carbocycles. The number of carbonyl (C=O) groups is 1. The first-order valence-electron chi connectivity index (χ1n) is 7.76. The van der Waals surface area contributed by atoms with E-state index in [1.165, 1.54) is 11.0 Å². The Morgan fingerprint density at radius 3 is 2.69 bits per heavy atom. The molecule has 2 N–H and O–H groups in total. The molecule has 4 rings (SSSR count). The SMILES string of the molecule is Cc1cc(NC(=O)c2n[nH]c(=O)c3ccccc23)ccc1-n1cnnn1. The van der Waals surface area contributed by atoms with E-state index in [4.69, 9.17) is 0 Å². The van der Waals surface area contributed by atoms with Crippen LogP contribution in [-0.2, 0) is 0 Å². The van der Waals surface area contributed by atoms with Gasteiger partial charge in [0.15, 0.2) is 5.69 Å². The van der Waals surface area contributed by atoms with Gasteiger partial charge in [0.05, 0.1) is 11.1 Å². The van der Waals surface area contributed by atoms with Gasteiger partial charge < -0.3 is 5.32 Å². The Morgan fingerprint density at radius 1 is 1.15 bits per heavy atom. The summed E-state index contributed by atoms with van der Waals surface area (Å²) in [6, 6.07) is 12.2. The van der Waals surface area contributed by atoms with Crippen LogP contribution in [0, 0.1) is 6.92 Å². The number of hydrogen-bond acceptors (Lipinski definition) is 6. The van der Waals surface area contributed by atoms with E-state index in [-0.39, 0.29) is 11.3 Å². The smallest absolute Gasteiger partial charge is 0.276 e. The highest BCUT2D eigenvalue weighted by atomic mass is 16.2. The number of aromatic nitrogens is 6. The van der Waals surface area contributed by atoms with Crippen molar-refractivity contribution in [1.29, 1.82) is 0 Å². The van der Waals surface area contributed by atoms with E-state index in [0.717, 1.165) is 11.3 Å². The molecule has 0 unspecified atom stereocenters. The molecular weight excluding hydrogens is 334 g/mol. The van der Waals surface area contributed by atoms with Crippen molar-refractivity contribution in [3.8, 4) is 5.69 Å². The van der Waals surface area contributed by atoms with Gasteiger partial charge in [0.2, 0.25) is 0 Å². The maximum atomic E-state index is 12.6. The fourth-order valence-corrected chi connectivity index (χ4v) is 2.74. The highest BCUT2D eigenvalue weighted by molar-refractivity contribution is 6.11. The molecule has 0 saturated carbocycles. The second-order valence-electron chi connectivity index (χ2n) is 5.66. The molecule has 128 valence electrons. The Hall–Kier alpha value is -3.88. The Bertz CT molecular complexity index is 1170. The van der Waals surface area contributed by atoms with Crippen LogP contribution in [0.5, 0.6) is 0 Å². The largest absolute Gasteiger partial charge is 0.321 e. The lowest BCUT2D eigenvalue weighted by Crippen LogP contribution is -2.19. The van der Waals surface area contributed by atoms with Crippen molar-refractivity contribution >= 4 is 22.4 Å². The van der Waals surface area contributed by atoms with Crippen LogP contribution in [0.2, 0.25) is 0 Å². The van der Waals surface area contributed by atoms with Crippen molar-refractivity contribution in [2.24, 2.45) is 0 Å². The third kappa shape index (κ3) is 2.71. The zero-order valence-corrected chi connectivity index (χ0v) is 13.7. The number of nitrogens with one attached hydrogen (secondary N) is 2. The van der Waals surface area contributed by atoms with Crippen LogP contribution in [-0.4, -0.2) is 36.3 Å². The first-order chi connectivity index (χ1) is 12.6. The molecule has 2 heterocycles. The van der Waals surface area contributed by atoms with Crippen molar-refractivity contribution in [3.05, 3.63) is 70.4 Å². The predicted octanol–water partition coefficient (Wildman–Crippen LogP) is 1.46. The standard InChI is InChI=1S/C17H13N7O2/c1-10-8-11(6-7-14(10)24-9-18-22-23-24)19-17(26)15-12-4-2-3-5-13(12)16(25)21-20-15/h2-9H,1H3,(H,19,26)(H,21,25). The highest BCUT2D eigenvalue weighted by Gasteiger charge is 2.14. The maximum absolute atomic E-state index is 12.6. The van der Waals surface area contributed by atoms with Gasteiger partial charge in [-0.25, -0.2) is 9.78 Å². The number of H-pyrrole nitrogens is 1. The number of tetrazole rings is 1. The Morgan fingerprint density at radius 2 is 1.96 bits per heavy atom. The minimum absolute atomic E-state index is 0.155.